The van der Waals surface area contributed by atoms with Crippen molar-refractivity contribution in [1.82, 2.24) is 0 Å². The highest BCUT2D eigenvalue weighted by molar-refractivity contribution is 7.47. The lowest BCUT2D eigenvalue weighted by Gasteiger charge is -2.21. The number of hydrogen-bond acceptors (Lipinski definition) is 15. The number of carbonyl (C=O) groups excluding carboxylic acids is 4. The van der Waals surface area contributed by atoms with E-state index in [2.05, 4.69) is 41.5 Å². The first kappa shape index (κ1) is 97.1. The minimum atomic E-state index is -4.96. The van der Waals surface area contributed by atoms with Crippen molar-refractivity contribution in [2.24, 2.45) is 11.8 Å². The Balaban J connectivity index is 5.24. The molecular weight excluding hydrogens is 1290 g/mol. The van der Waals surface area contributed by atoms with Gasteiger partial charge in [-0.2, -0.15) is 0 Å². The molecule has 19 heteroatoms. The number of phosphoric ester groups is 2. The van der Waals surface area contributed by atoms with Crippen molar-refractivity contribution in [2.45, 2.75) is 439 Å². The molecule has 0 aliphatic heterocycles. The van der Waals surface area contributed by atoms with Gasteiger partial charge in [0.15, 0.2) is 12.2 Å². The minimum absolute atomic E-state index is 0.106. The monoisotopic (exact) mass is 1450 g/mol. The number of hydrogen-bond donors (Lipinski definition) is 3. The Morgan fingerprint density at radius 2 is 0.465 bits per heavy atom. The molecule has 17 nitrogen and oxygen atoms in total. The van der Waals surface area contributed by atoms with Crippen LogP contribution < -0.4 is 0 Å². The molecule has 0 bridgehead atoms. The second-order valence-corrected chi connectivity index (χ2v) is 32.7. The molecule has 0 aromatic carbocycles. The van der Waals surface area contributed by atoms with E-state index in [1.807, 2.05) is 0 Å². The largest absolute Gasteiger partial charge is 0.472 e. The van der Waals surface area contributed by atoms with Crippen LogP contribution in [0.3, 0.4) is 0 Å². The van der Waals surface area contributed by atoms with Gasteiger partial charge in [-0.05, 0) is 37.5 Å². The van der Waals surface area contributed by atoms with Gasteiger partial charge in [0.2, 0.25) is 0 Å². The molecule has 0 aliphatic rings. The molecule has 99 heavy (non-hydrogen) atoms. The summed E-state index contributed by atoms with van der Waals surface area (Å²) in [5.41, 5.74) is 0. The normalized spacial score (nSPS) is 13.9. The van der Waals surface area contributed by atoms with Crippen LogP contribution in [0, 0.1) is 11.8 Å². The fourth-order valence-corrected chi connectivity index (χ4v) is 13.9. The van der Waals surface area contributed by atoms with Gasteiger partial charge in [0.25, 0.3) is 0 Å². The third-order valence-corrected chi connectivity index (χ3v) is 20.6. The zero-order valence-corrected chi connectivity index (χ0v) is 66.6. The second kappa shape index (κ2) is 71.7. The molecule has 0 saturated heterocycles. The van der Waals surface area contributed by atoms with Crippen LogP contribution in [0.15, 0.2) is 0 Å². The van der Waals surface area contributed by atoms with E-state index >= 15 is 0 Å². The zero-order chi connectivity index (χ0) is 72.8. The predicted octanol–water partition coefficient (Wildman–Crippen LogP) is 23.9. The Morgan fingerprint density at radius 3 is 0.687 bits per heavy atom. The van der Waals surface area contributed by atoms with Gasteiger partial charge in [-0.15, -0.1) is 0 Å². The van der Waals surface area contributed by atoms with Gasteiger partial charge in [0, 0.05) is 25.7 Å². The molecule has 588 valence electrons. The van der Waals surface area contributed by atoms with Crippen molar-refractivity contribution >= 4 is 39.5 Å². The van der Waals surface area contributed by atoms with Gasteiger partial charge in [0.05, 0.1) is 26.4 Å². The molecule has 0 amide bonds. The number of carbonyl (C=O) groups is 4. The smallest absolute Gasteiger partial charge is 0.462 e. The van der Waals surface area contributed by atoms with Gasteiger partial charge in [-0.25, -0.2) is 9.13 Å². The summed E-state index contributed by atoms with van der Waals surface area (Å²) >= 11 is 0. The maximum atomic E-state index is 13.1. The number of rotatable bonds is 79. The van der Waals surface area contributed by atoms with E-state index in [1.165, 1.54) is 231 Å². The SMILES string of the molecule is CCCCCCCCCCCCCCCCCCCC(=O)OC[C@H](COP(=O)(O)OC[C@@H](O)COP(=O)(O)OC[C@@H](COC(=O)CCCCCCCCCC(C)C)OC(=O)CCCCCCCCCCCCCCC(C)C)OC(=O)CCCCCCCCCCCCCCCCCCC. The van der Waals surface area contributed by atoms with E-state index in [4.69, 9.17) is 37.0 Å². The fraction of sp³-hybridized carbons (Fsp3) is 0.950. The zero-order valence-electron chi connectivity index (χ0n) is 64.8. The van der Waals surface area contributed by atoms with Crippen molar-refractivity contribution in [1.29, 1.82) is 0 Å². The van der Waals surface area contributed by atoms with Crippen molar-refractivity contribution in [3.05, 3.63) is 0 Å². The highest BCUT2D eigenvalue weighted by atomic mass is 31.2. The Morgan fingerprint density at radius 1 is 0.273 bits per heavy atom. The number of unbranched alkanes of at least 4 members (excludes halogenated alkanes) is 49. The number of phosphoric acid groups is 2. The van der Waals surface area contributed by atoms with Gasteiger partial charge in [-0.3, -0.25) is 37.3 Å². The van der Waals surface area contributed by atoms with Gasteiger partial charge >= 0.3 is 39.5 Å². The van der Waals surface area contributed by atoms with Crippen LogP contribution in [0.5, 0.6) is 0 Å². The van der Waals surface area contributed by atoms with Gasteiger partial charge in [-0.1, -0.05) is 369 Å². The molecule has 5 atom stereocenters. The topological polar surface area (TPSA) is 237 Å². The maximum absolute atomic E-state index is 13.1. The summed E-state index contributed by atoms with van der Waals surface area (Å²) in [4.78, 5) is 73.0. The molecule has 0 radical (unpaired) electrons. The van der Waals surface area contributed by atoms with Crippen LogP contribution in [0.2, 0.25) is 0 Å². The van der Waals surface area contributed by atoms with Crippen LogP contribution in [0.25, 0.3) is 0 Å². The lowest BCUT2D eigenvalue weighted by atomic mass is 10.0. The summed E-state index contributed by atoms with van der Waals surface area (Å²) in [6, 6.07) is 0. The Bertz CT molecular complexity index is 1910. The average Bonchev–Trinajstić information content (AvgIpc) is 0.961. The Kier molecular flexibility index (Phi) is 70.3. The lowest BCUT2D eigenvalue weighted by Crippen LogP contribution is -2.30. The van der Waals surface area contributed by atoms with Crippen LogP contribution in [0.4, 0.5) is 0 Å². The molecule has 0 heterocycles. The van der Waals surface area contributed by atoms with Crippen molar-refractivity contribution < 1.29 is 80.2 Å². The maximum Gasteiger partial charge on any atom is 0.472 e. The Labute approximate surface area is 607 Å². The summed E-state index contributed by atoms with van der Waals surface area (Å²) in [5, 5.41) is 10.6. The molecular formula is C80H156O17P2. The number of aliphatic hydroxyl groups excluding tert-OH is 1. The van der Waals surface area contributed by atoms with E-state index in [0.717, 1.165) is 102 Å². The van der Waals surface area contributed by atoms with Crippen LogP contribution in [0.1, 0.15) is 420 Å². The molecule has 0 aliphatic carbocycles. The van der Waals surface area contributed by atoms with Gasteiger partial charge in [0.1, 0.15) is 19.3 Å². The quantitative estimate of drug-likeness (QED) is 0.0222. The van der Waals surface area contributed by atoms with E-state index < -0.39 is 97.5 Å². The first-order valence-corrected chi connectivity index (χ1v) is 44.5. The van der Waals surface area contributed by atoms with E-state index in [0.29, 0.717) is 31.6 Å². The first-order chi connectivity index (χ1) is 47.9. The fourth-order valence-electron chi connectivity index (χ4n) is 12.4. The molecule has 0 spiro atoms. The van der Waals surface area contributed by atoms with Crippen LogP contribution >= 0.6 is 15.6 Å². The molecule has 0 fully saturated rings. The molecule has 0 saturated carbocycles. The highest BCUT2D eigenvalue weighted by Crippen LogP contribution is 2.45. The summed E-state index contributed by atoms with van der Waals surface area (Å²) in [5.74, 6) is -0.628. The van der Waals surface area contributed by atoms with E-state index in [9.17, 15) is 43.2 Å². The van der Waals surface area contributed by atoms with Gasteiger partial charge < -0.3 is 33.8 Å². The summed E-state index contributed by atoms with van der Waals surface area (Å²) in [6.07, 6.45) is 61.1. The lowest BCUT2D eigenvalue weighted by molar-refractivity contribution is -0.161. The molecule has 0 aromatic heterocycles. The van der Waals surface area contributed by atoms with E-state index in [1.54, 1.807) is 0 Å². The molecule has 0 rings (SSSR count). The number of aliphatic hydroxyl groups is 1. The molecule has 0 aromatic rings. The predicted molar refractivity (Wildman–Crippen MR) is 405 cm³/mol. The van der Waals surface area contributed by atoms with Crippen LogP contribution in [-0.4, -0.2) is 96.7 Å². The average molecular weight is 1450 g/mol. The van der Waals surface area contributed by atoms with Crippen molar-refractivity contribution in [3.63, 3.8) is 0 Å². The number of ether oxygens (including phenoxy) is 4. The highest BCUT2D eigenvalue weighted by Gasteiger charge is 2.30. The molecule has 3 N–H and O–H groups in total. The summed E-state index contributed by atoms with van der Waals surface area (Å²) < 4.78 is 68.7. The Hall–Kier alpha value is -1.94. The third-order valence-electron chi connectivity index (χ3n) is 18.7. The van der Waals surface area contributed by atoms with Crippen LogP contribution in [-0.2, 0) is 65.4 Å². The number of esters is 4. The standard InChI is InChI=1S/C80H156O17P2/c1-7-9-11-13-15-17-19-21-23-25-27-29-34-38-44-50-56-62-77(82)90-68-75(96-79(84)64-58-52-45-39-35-30-28-26-24-22-20-18-16-14-12-10-8-2)70-94-98(86,87)92-66-74(81)67-93-99(88,89)95-71-76(69-91-78(83)63-57-51-47-41-43-49-55-61-73(5)6)97-80(85)65-59-53-46-40-36-32-31-33-37-42-48-54-60-72(3)4/h72-76,81H,7-71H2,1-6H3,(H,86,87)(H,88,89)/t74-,75-,76-/m1/s1. The van der Waals surface area contributed by atoms with Crippen molar-refractivity contribution in [2.75, 3.05) is 39.6 Å². The molecule has 2 unspecified atom stereocenters. The first-order valence-electron chi connectivity index (χ1n) is 41.5. The third kappa shape index (κ3) is 74.1. The summed E-state index contributed by atoms with van der Waals surface area (Å²) in [6.45, 7) is 9.59. The van der Waals surface area contributed by atoms with Crippen molar-refractivity contribution in [3.8, 4) is 0 Å². The minimum Gasteiger partial charge on any atom is -0.462 e. The second-order valence-electron chi connectivity index (χ2n) is 29.8. The van der Waals surface area contributed by atoms with E-state index in [-0.39, 0.29) is 25.7 Å². The summed E-state index contributed by atoms with van der Waals surface area (Å²) in [7, 11) is -9.92.